The first-order valence-electron chi connectivity index (χ1n) is 4.28. The third-order valence-electron chi connectivity index (χ3n) is 1.47. The summed E-state index contributed by atoms with van der Waals surface area (Å²) in [6, 6.07) is 0.269. The molecule has 0 spiro atoms. The monoisotopic (exact) mass is 201 g/mol. The molecule has 0 aliphatic rings. The van der Waals surface area contributed by atoms with Crippen molar-refractivity contribution in [2.45, 2.75) is 19.9 Å². The van der Waals surface area contributed by atoms with E-state index in [4.69, 9.17) is 10.5 Å². The number of hydrogen-bond donors (Lipinski definition) is 2. The topological polar surface area (TPSA) is 60.2 Å². The summed E-state index contributed by atoms with van der Waals surface area (Å²) < 4.78 is 5.26. The molecule has 1 aromatic heterocycles. The SMILES string of the molecule is CCOCC(C)Nc1ncc(N)s1. The fraction of sp³-hybridized carbons (Fsp3) is 0.625. The Balaban J connectivity index is 2.31. The lowest BCUT2D eigenvalue weighted by Crippen LogP contribution is -2.21. The van der Waals surface area contributed by atoms with Crippen molar-refractivity contribution in [2.24, 2.45) is 0 Å². The Kier molecular flexibility index (Phi) is 3.98. The Morgan fingerprint density at radius 3 is 3.08 bits per heavy atom. The molecule has 0 fully saturated rings. The quantitative estimate of drug-likeness (QED) is 0.759. The van der Waals surface area contributed by atoms with Gasteiger partial charge in [0.05, 0.1) is 12.8 Å². The molecule has 3 N–H and O–H groups in total. The number of anilines is 2. The normalized spacial score (nSPS) is 12.8. The van der Waals surface area contributed by atoms with Crippen molar-refractivity contribution < 1.29 is 4.74 Å². The molecule has 0 aliphatic heterocycles. The van der Waals surface area contributed by atoms with Crippen molar-refractivity contribution in [1.82, 2.24) is 4.98 Å². The number of hydrogen-bond acceptors (Lipinski definition) is 5. The molecule has 0 aliphatic carbocycles. The highest BCUT2D eigenvalue weighted by Gasteiger charge is 2.04. The minimum Gasteiger partial charge on any atom is -0.389 e. The van der Waals surface area contributed by atoms with Crippen molar-refractivity contribution in [3.05, 3.63) is 6.20 Å². The van der Waals surface area contributed by atoms with Gasteiger partial charge in [0.2, 0.25) is 0 Å². The second kappa shape index (κ2) is 5.04. The van der Waals surface area contributed by atoms with Gasteiger partial charge in [-0.2, -0.15) is 0 Å². The predicted molar refractivity (Wildman–Crippen MR) is 56.1 cm³/mol. The van der Waals surface area contributed by atoms with Crippen LogP contribution in [0.15, 0.2) is 6.20 Å². The smallest absolute Gasteiger partial charge is 0.184 e. The van der Waals surface area contributed by atoms with Crippen LogP contribution in [0.3, 0.4) is 0 Å². The Labute approximate surface area is 82.1 Å². The van der Waals surface area contributed by atoms with E-state index in [9.17, 15) is 0 Å². The van der Waals surface area contributed by atoms with Gasteiger partial charge in [0.1, 0.15) is 5.00 Å². The Morgan fingerprint density at radius 1 is 1.77 bits per heavy atom. The molecule has 0 bridgehead atoms. The highest BCUT2D eigenvalue weighted by atomic mass is 32.1. The summed E-state index contributed by atoms with van der Waals surface area (Å²) in [6.07, 6.45) is 1.65. The molecule has 1 heterocycles. The third kappa shape index (κ3) is 3.61. The summed E-state index contributed by atoms with van der Waals surface area (Å²) in [5.74, 6) is 0. The second-order valence-corrected chi connectivity index (χ2v) is 3.83. The lowest BCUT2D eigenvalue weighted by Gasteiger charge is -2.11. The number of rotatable bonds is 5. The maximum Gasteiger partial charge on any atom is 0.184 e. The Hall–Kier alpha value is -0.810. The molecular formula is C8H15N3OS. The summed E-state index contributed by atoms with van der Waals surface area (Å²) >= 11 is 1.45. The van der Waals surface area contributed by atoms with Crippen LogP contribution in [0.2, 0.25) is 0 Å². The first kappa shape index (κ1) is 10.3. The highest BCUT2D eigenvalue weighted by molar-refractivity contribution is 7.19. The summed E-state index contributed by atoms with van der Waals surface area (Å²) in [5.41, 5.74) is 5.54. The fourth-order valence-corrected chi connectivity index (χ4v) is 1.59. The molecule has 0 saturated heterocycles. The number of nitrogens with two attached hydrogens (primary N) is 1. The number of nitrogens with one attached hydrogen (secondary N) is 1. The molecule has 0 saturated carbocycles. The molecule has 4 nitrogen and oxygen atoms in total. The number of aromatic nitrogens is 1. The van der Waals surface area contributed by atoms with Crippen LogP contribution in [-0.2, 0) is 4.74 Å². The number of ether oxygens (including phenoxy) is 1. The first-order valence-corrected chi connectivity index (χ1v) is 5.09. The molecule has 1 atom stereocenters. The van der Waals surface area contributed by atoms with E-state index < -0.39 is 0 Å². The summed E-state index contributed by atoms with van der Waals surface area (Å²) in [7, 11) is 0. The van der Waals surface area contributed by atoms with Crippen molar-refractivity contribution in [3.63, 3.8) is 0 Å². The van der Waals surface area contributed by atoms with Crippen LogP contribution in [0.4, 0.5) is 10.1 Å². The van der Waals surface area contributed by atoms with Crippen LogP contribution in [0, 0.1) is 0 Å². The van der Waals surface area contributed by atoms with E-state index in [0.29, 0.717) is 6.61 Å². The number of nitrogens with zero attached hydrogens (tertiary/aromatic N) is 1. The van der Waals surface area contributed by atoms with E-state index >= 15 is 0 Å². The van der Waals surface area contributed by atoms with E-state index in [1.807, 2.05) is 13.8 Å². The molecular weight excluding hydrogens is 186 g/mol. The minimum absolute atomic E-state index is 0.269. The van der Waals surface area contributed by atoms with Gasteiger partial charge in [-0.15, -0.1) is 0 Å². The zero-order chi connectivity index (χ0) is 9.68. The maximum absolute atomic E-state index is 5.54. The zero-order valence-corrected chi connectivity index (χ0v) is 8.73. The summed E-state index contributed by atoms with van der Waals surface area (Å²) in [4.78, 5) is 4.09. The minimum atomic E-state index is 0.269. The van der Waals surface area contributed by atoms with Gasteiger partial charge < -0.3 is 15.8 Å². The molecule has 5 heteroatoms. The predicted octanol–water partition coefficient (Wildman–Crippen LogP) is 1.56. The van der Waals surface area contributed by atoms with Gasteiger partial charge in [0.15, 0.2) is 5.13 Å². The Morgan fingerprint density at radius 2 is 2.54 bits per heavy atom. The van der Waals surface area contributed by atoms with Crippen LogP contribution >= 0.6 is 11.3 Å². The van der Waals surface area contributed by atoms with E-state index in [0.717, 1.165) is 16.7 Å². The van der Waals surface area contributed by atoms with Gasteiger partial charge in [0, 0.05) is 12.6 Å². The lowest BCUT2D eigenvalue weighted by atomic mass is 10.4. The lowest BCUT2D eigenvalue weighted by molar-refractivity contribution is 0.141. The average molecular weight is 201 g/mol. The van der Waals surface area contributed by atoms with Crippen LogP contribution in [0.25, 0.3) is 0 Å². The van der Waals surface area contributed by atoms with Gasteiger partial charge in [-0.1, -0.05) is 11.3 Å². The van der Waals surface area contributed by atoms with Gasteiger partial charge in [-0.05, 0) is 13.8 Å². The van der Waals surface area contributed by atoms with E-state index in [1.165, 1.54) is 11.3 Å². The van der Waals surface area contributed by atoms with E-state index in [-0.39, 0.29) is 6.04 Å². The van der Waals surface area contributed by atoms with Crippen LogP contribution in [0.5, 0.6) is 0 Å². The molecule has 0 amide bonds. The highest BCUT2D eigenvalue weighted by Crippen LogP contribution is 2.19. The average Bonchev–Trinajstić information content (AvgIpc) is 2.48. The second-order valence-electron chi connectivity index (χ2n) is 2.77. The third-order valence-corrected chi connectivity index (χ3v) is 2.22. The van der Waals surface area contributed by atoms with Gasteiger partial charge >= 0.3 is 0 Å². The van der Waals surface area contributed by atoms with E-state index in [1.54, 1.807) is 6.20 Å². The van der Waals surface area contributed by atoms with Gasteiger partial charge in [-0.25, -0.2) is 4.98 Å². The maximum atomic E-state index is 5.54. The van der Waals surface area contributed by atoms with Crippen molar-refractivity contribution in [3.8, 4) is 0 Å². The first-order chi connectivity index (χ1) is 6.22. The van der Waals surface area contributed by atoms with Gasteiger partial charge in [-0.3, -0.25) is 0 Å². The summed E-state index contributed by atoms with van der Waals surface area (Å²) in [6.45, 7) is 5.46. The zero-order valence-electron chi connectivity index (χ0n) is 7.91. The largest absolute Gasteiger partial charge is 0.389 e. The molecule has 1 aromatic rings. The van der Waals surface area contributed by atoms with Crippen molar-refractivity contribution in [1.29, 1.82) is 0 Å². The van der Waals surface area contributed by atoms with Crippen LogP contribution in [-0.4, -0.2) is 24.2 Å². The van der Waals surface area contributed by atoms with Crippen LogP contribution in [0.1, 0.15) is 13.8 Å². The summed E-state index contributed by atoms with van der Waals surface area (Å²) in [5, 5.41) is 4.78. The molecule has 1 rings (SSSR count). The van der Waals surface area contributed by atoms with Crippen LogP contribution < -0.4 is 11.1 Å². The Bertz CT molecular complexity index is 251. The van der Waals surface area contributed by atoms with Crippen molar-refractivity contribution >= 4 is 21.5 Å². The number of nitrogen functional groups attached to an aromatic ring is 1. The molecule has 13 heavy (non-hydrogen) atoms. The van der Waals surface area contributed by atoms with Crippen molar-refractivity contribution in [2.75, 3.05) is 24.3 Å². The van der Waals surface area contributed by atoms with Gasteiger partial charge in [0.25, 0.3) is 0 Å². The fourth-order valence-electron chi connectivity index (χ4n) is 0.900. The molecule has 0 radical (unpaired) electrons. The molecule has 1 unspecified atom stereocenters. The molecule has 74 valence electrons. The molecule has 0 aromatic carbocycles. The van der Waals surface area contributed by atoms with E-state index in [2.05, 4.69) is 10.3 Å². The standard InChI is InChI=1S/C8H15N3OS/c1-3-12-5-6(2)11-8-10-4-7(9)13-8/h4,6H,3,5,9H2,1-2H3,(H,10,11). The number of thiazole rings is 1.